The minimum atomic E-state index is -0.228. The maximum Gasteiger partial charge on any atom is 0.227 e. The van der Waals surface area contributed by atoms with Gasteiger partial charge in [-0.1, -0.05) is 30.3 Å². The standard InChI is InChI=1S/C14H21N3O3/c1-3-17(9-10(2)14(15)16-20)13(19)8-11-6-4-5-7-12(11)18/h4-7,10,18,20H,3,8-9H2,1-2H3,(H2,15,16). The Morgan fingerprint density at radius 1 is 1.45 bits per heavy atom. The van der Waals surface area contributed by atoms with Crippen molar-refractivity contribution in [2.45, 2.75) is 20.3 Å². The number of rotatable bonds is 6. The van der Waals surface area contributed by atoms with Crippen molar-refractivity contribution in [3.8, 4) is 5.75 Å². The first-order valence-electron chi connectivity index (χ1n) is 6.51. The summed E-state index contributed by atoms with van der Waals surface area (Å²) in [6.45, 7) is 4.54. The lowest BCUT2D eigenvalue weighted by atomic mass is 10.1. The van der Waals surface area contributed by atoms with Gasteiger partial charge in [0.1, 0.15) is 11.6 Å². The van der Waals surface area contributed by atoms with E-state index in [4.69, 9.17) is 10.9 Å². The van der Waals surface area contributed by atoms with E-state index < -0.39 is 0 Å². The maximum absolute atomic E-state index is 12.2. The molecule has 1 unspecified atom stereocenters. The first-order valence-corrected chi connectivity index (χ1v) is 6.51. The van der Waals surface area contributed by atoms with E-state index in [1.807, 2.05) is 6.92 Å². The number of phenols is 1. The molecule has 1 rings (SSSR count). The van der Waals surface area contributed by atoms with Crippen LogP contribution in [0.25, 0.3) is 0 Å². The Morgan fingerprint density at radius 2 is 2.10 bits per heavy atom. The van der Waals surface area contributed by atoms with Crippen molar-refractivity contribution in [1.29, 1.82) is 0 Å². The van der Waals surface area contributed by atoms with Crippen molar-refractivity contribution < 1.29 is 15.1 Å². The van der Waals surface area contributed by atoms with E-state index in [1.165, 1.54) is 0 Å². The van der Waals surface area contributed by atoms with Gasteiger partial charge in [0.2, 0.25) is 5.91 Å². The Balaban J connectivity index is 2.71. The van der Waals surface area contributed by atoms with Crippen LogP contribution < -0.4 is 5.73 Å². The number of likely N-dealkylation sites (N-methyl/N-ethyl adjacent to an activating group) is 1. The average Bonchev–Trinajstić information content (AvgIpc) is 2.45. The van der Waals surface area contributed by atoms with Crippen LogP contribution in [0.1, 0.15) is 19.4 Å². The van der Waals surface area contributed by atoms with Gasteiger partial charge in [-0.15, -0.1) is 0 Å². The third-order valence-corrected chi connectivity index (χ3v) is 3.18. The number of carbonyl (C=O) groups excluding carboxylic acids is 1. The number of aromatic hydroxyl groups is 1. The number of carbonyl (C=O) groups is 1. The molecule has 6 heteroatoms. The Bertz CT molecular complexity index is 488. The second-order valence-corrected chi connectivity index (χ2v) is 4.66. The molecule has 1 amide bonds. The van der Waals surface area contributed by atoms with Gasteiger partial charge in [-0.2, -0.15) is 0 Å². The van der Waals surface area contributed by atoms with Crippen LogP contribution in [0.4, 0.5) is 0 Å². The van der Waals surface area contributed by atoms with Crippen molar-refractivity contribution in [2.75, 3.05) is 13.1 Å². The molecule has 0 saturated carbocycles. The van der Waals surface area contributed by atoms with Gasteiger partial charge in [0.25, 0.3) is 0 Å². The molecule has 0 fully saturated rings. The third kappa shape index (κ3) is 4.15. The number of nitrogens with zero attached hydrogens (tertiary/aromatic N) is 2. The monoisotopic (exact) mass is 279 g/mol. The average molecular weight is 279 g/mol. The van der Waals surface area contributed by atoms with Crippen molar-refractivity contribution in [3.63, 3.8) is 0 Å². The molecule has 4 N–H and O–H groups in total. The number of hydrogen-bond donors (Lipinski definition) is 3. The summed E-state index contributed by atoms with van der Waals surface area (Å²) in [5, 5.41) is 21.3. The smallest absolute Gasteiger partial charge is 0.227 e. The quantitative estimate of drug-likeness (QED) is 0.315. The van der Waals surface area contributed by atoms with Crippen LogP contribution in [0.15, 0.2) is 29.4 Å². The highest BCUT2D eigenvalue weighted by Crippen LogP contribution is 2.17. The largest absolute Gasteiger partial charge is 0.508 e. The summed E-state index contributed by atoms with van der Waals surface area (Å²) in [7, 11) is 0. The molecule has 0 saturated heterocycles. The van der Waals surface area contributed by atoms with Crippen LogP contribution >= 0.6 is 0 Å². The van der Waals surface area contributed by atoms with Crippen molar-refractivity contribution in [1.82, 2.24) is 4.90 Å². The highest BCUT2D eigenvalue weighted by atomic mass is 16.4. The summed E-state index contributed by atoms with van der Waals surface area (Å²) < 4.78 is 0. The Labute approximate surface area is 118 Å². The van der Waals surface area contributed by atoms with E-state index in [1.54, 1.807) is 36.1 Å². The number of nitrogens with two attached hydrogens (primary N) is 1. The summed E-state index contributed by atoms with van der Waals surface area (Å²) in [6.07, 6.45) is 0.128. The minimum absolute atomic E-state index is 0.0961. The van der Waals surface area contributed by atoms with Gasteiger partial charge in [0.05, 0.1) is 6.42 Å². The van der Waals surface area contributed by atoms with Gasteiger partial charge in [0.15, 0.2) is 0 Å². The Hall–Kier alpha value is -2.24. The number of amidine groups is 1. The molecular formula is C14H21N3O3. The molecule has 0 bridgehead atoms. The molecule has 0 radical (unpaired) electrons. The maximum atomic E-state index is 12.2. The fourth-order valence-corrected chi connectivity index (χ4v) is 1.86. The van der Waals surface area contributed by atoms with Crippen LogP contribution in [0, 0.1) is 5.92 Å². The van der Waals surface area contributed by atoms with E-state index in [-0.39, 0.29) is 29.8 Å². The van der Waals surface area contributed by atoms with E-state index in [2.05, 4.69) is 5.16 Å². The highest BCUT2D eigenvalue weighted by Gasteiger charge is 2.18. The molecular weight excluding hydrogens is 258 g/mol. The van der Waals surface area contributed by atoms with E-state index >= 15 is 0 Å². The summed E-state index contributed by atoms with van der Waals surface area (Å²) in [5.74, 6) is -0.125. The minimum Gasteiger partial charge on any atom is -0.508 e. The molecule has 20 heavy (non-hydrogen) atoms. The predicted octanol–water partition coefficient (Wildman–Crippen LogP) is 1.17. The zero-order valence-corrected chi connectivity index (χ0v) is 11.8. The molecule has 0 aliphatic rings. The van der Waals surface area contributed by atoms with Crippen LogP contribution in [0.2, 0.25) is 0 Å². The molecule has 0 aliphatic heterocycles. The molecule has 0 heterocycles. The molecule has 6 nitrogen and oxygen atoms in total. The number of phenolic OH excluding ortho intramolecular Hbond substituents is 1. The van der Waals surface area contributed by atoms with E-state index in [0.29, 0.717) is 18.7 Å². The Morgan fingerprint density at radius 3 is 2.65 bits per heavy atom. The fraction of sp³-hybridized carbons (Fsp3) is 0.429. The topological polar surface area (TPSA) is 99.1 Å². The molecule has 1 aromatic rings. The number of para-hydroxylation sites is 1. The lowest BCUT2D eigenvalue weighted by Crippen LogP contribution is -2.39. The zero-order valence-electron chi connectivity index (χ0n) is 11.8. The van der Waals surface area contributed by atoms with Gasteiger partial charge in [-0.05, 0) is 13.0 Å². The molecule has 1 aromatic carbocycles. The van der Waals surface area contributed by atoms with Crippen molar-refractivity contribution in [2.24, 2.45) is 16.8 Å². The number of benzene rings is 1. The van der Waals surface area contributed by atoms with Gasteiger partial charge >= 0.3 is 0 Å². The van der Waals surface area contributed by atoms with Crippen LogP contribution in [0.3, 0.4) is 0 Å². The highest BCUT2D eigenvalue weighted by molar-refractivity contribution is 5.84. The number of amides is 1. The lowest BCUT2D eigenvalue weighted by molar-refractivity contribution is -0.130. The van der Waals surface area contributed by atoms with Gasteiger partial charge < -0.3 is 20.9 Å². The molecule has 0 aromatic heterocycles. The SMILES string of the molecule is CCN(CC(C)/C(N)=N/O)C(=O)Cc1ccccc1O. The number of oxime groups is 1. The van der Waals surface area contributed by atoms with Crippen LogP contribution in [0.5, 0.6) is 5.75 Å². The second-order valence-electron chi connectivity index (χ2n) is 4.66. The first kappa shape index (κ1) is 15.8. The van der Waals surface area contributed by atoms with Gasteiger partial charge in [-0.25, -0.2) is 0 Å². The molecule has 1 atom stereocenters. The first-order chi connectivity index (χ1) is 9.49. The van der Waals surface area contributed by atoms with Crippen molar-refractivity contribution in [3.05, 3.63) is 29.8 Å². The third-order valence-electron chi connectivity index (χ3n) is 3.18. The molecule has 0 spiro atoms. The lowest BCUT2D eigenvalue weighted by Gasteiger charge is -2.24. The molecule has 0 aliphatic carbocycles. The summed E-state index contributed by atoms with van der Waals surface area (Å²) in [4.78, 5) is 13.8. The van der Waals surface area contributed by atoms with Crippen LogP contribution in [-0.2, 0) is 11.2 Å². The normalized spacial score (nSPS) is 13.0. The molecule has 110 valence electrons. The second kappa shape index (κ2) is 7.37. The van der Waals surface area contributed by atoms with E-state index in [0.717, 1.165) is 0 Å². The summed E-state index contributed by atoms with van der Waals surface area (Å²) >= 11 is 0. The zero-order chi connectivity index (χ0) is 15.1. The predicted molar refractivity (Wildman–Crippen MR) is 76.6 cm³/mol. The number of hydrogen-bond acceptors (Lipinski definition) is 4. The van der Waals surface area contributed by atoms with Crippen molar-refractivity contribution >= 4 is 11.7 Å². The van der Waals surface area contributed by atoms with Gasteiger partial charge in [0, 0.05) is 24.6 Å². The van der Waals surface area contributed by atoms with Crippen LogP contribution in [-0.4, -0.2) is 40.0 Å². The fourth-order valence-electron chi connectivity index (χ4n) is 1.86. The van der Waals surface area contributed by atoms with Gasteiger partial charge in [-0.3, -0.25) is 4.79 Å². The summed E-state index contributed by atoms with van der Waals surface area (Å²) in [6, 6.07) is 6.75. The van der Waals surface area contributed by atoms with E-state index in [9.17, 15) is 9.90 Å². The summed E-state index contributed by atoms with van der Waals surface area (Å²) in [5.41, 5.74) is 6.11. The Kier molecular flexibility index (Phi) is 5.83.